The van der Waals surface area contributed by atoms with Gasteiger partial charge in [-0.05, 0) is 16.7 Å². The maximum absolute atomic E-state index is 10.3. The second-order valence-corrected chi connectivity index (χ2v) is 6.03. The van der Waals surface area contributed by atoms with Gasteiger partial charge in [0.05, 0.1) is 12.5 Å². The normalized spacial score (nSPS) is 9.57. The molecule has 0 aliphatic heterocycles. The zero-order chi connectivity index (χ0) is 20.0. The van der Waals surface area contributed by atoms with Crippen molar-refractivity contribution in [1.29, 1.82) is 0 Å². The minimum atomic E-state index is -1.25. The highest BCUT2D eigenvalue weighted by Gasteiger charge is 1.95. The van der Waals surface area contributed by atoms with Gasteiger partial charge in [-0.25, -0.2) is 0 Å². The van der Waals surface area contributed by atoms with E-state index in [4.69, 9.17) is 5.53 Å². The average molecular weight is 374 g/mol. The zero-order valence-corrected chi connectivity index (χ0v) is 15.4. The van der Waals surface area contributed by atoms with Crippen LogP contribution in [0, 0.1) is 0 Å². The molecule has 0 spiro atoms. The Labute approximate surface area is 164 Å². The third-order valence-corrected chi connectivity index (χ3v) is 3.97. The molecular weight excluding hydrogens is 352 g/mol. The fraction of sp³-hybridized carbons (Fsp3) is 0.136. The standard InChI is InChI=1S/C15H17N.C7H5N3O2/c1-3-7-14(8-4-1)11-12-16-13-15-9-5-2-6-10-15;8-10-9-6-3-1-5(2-4-6)7(11)12/h1-10,16H,11-13H2;1-4H,(H,11,12). The molecule has 0 aliphatic rings. The first kappa shape index (κ1) is 20.7. The lowest BCUT2D eigenvalue weighted by Gasteiger charge is -2.02. The molecule has 3 rings (SSSR count). The van der Waals surface area contributed by atoms with Crippen LogP contribution in [0.5, 0.6) is 0 Å². The van der Waals surface area contributed by atoms with Crippen molar-refractivity contribution in [3.8, 4) is 0 Å². The summed E-state index contributed by atoms with van der Waals surface area (Å²) in [4.78, 5) is 12.8. The largest absolute Gasteiger partial charge is 0.545 e. The molecule has 0 heterocycles. The first-order valence-electron chi connectivity index (χ1n) is 8.95. The Morgan fingerprint density at radius 1 is 0.893 bits per heavy atom. The summed E-state index contributed by atoms with van der Waals surface area (Å²) in [6, 6.07) is 26.7. The summed E-state index contributed by atoms with van der Waals surface area (Å²) in [7, 11) is 0. The maximum atomic E-state index is 10.3. The topological polar surface area (TPSA) is 106 Å². The van der Waals surface area contributed by atoms with Crippen molar-refractivity contribution >= 4 is 11.7 Å². The molecule has 6 heteroatoms. The van der Waals surface area contributed by atoms with Crippen molar-refractivity contribution in [3.05, 3.63) is 112 Å². The van der Waals surface area contributed by atoms with Crippen LogP contribution >= 0.6 is 0 Å². The quantitative estimate of drug-likeness (QED) is 0.297. The van der Waals surface area contributed by atoms with E-state index in [2.05, 4.69) is 76.0 Å². The first-order valence-corrected chi connectivity index (χ1v) is 8.95. The smallest absolute Gasteiger partial charge is 0.101 e. The number of carboxylic acid groups (broad SMARTS) is 1. The molecule has 2 N–H and O–H groups in total. The molecular formula is C22H22N4O2. The second kappa shape index (κ2) is 11.9. The highest BCUT2D eigenvalue weighted by Crippen LogP contribution is 2.12. The molecule has 0 fully saturated rings. The van der Waals surface area contributed by atoms with E-state index in [1.54, 1.807) is 0 Å². The van der Waals surface area contributed by atoms with Crippen molar-refractivity contribution in [1.82, 2.24) is 0 Å². The Balaban J connectivity index is 0.000000209. The number of hydrogen-bond acceptors (Lipinski definition) is 3. The third kappa shape index (κ3) is 7.74. The molecule has 0 aliphatic carbocycles. The minimum absolute atomic E-state index is 0.0619. The molecule has 28 heavy (non-hydrogen) atoms. The van der Waals surface area contributed by atoms with E-state index >= 15 is 0 Å². The van der Waals surface area contributed by atoms with Crippen LogP contribution in [0.15, 0.2) is 90.0 Å². The first-order chi connectivity index (χ1) is 13.7. The number of nitrogens with zero attached hydrogens (tertiary/aromatic N) is 3. The van der Waals surface area contributed by atoms with Crippen LogP contribution in [0.3, 0.4) is 0 Å². The second-order valence-electron chi connectivity index (χ2n) is 6.03. The number of benzene rings is 3. The van der Waals surface area contributed by atoms with Crippen LogP contribution in [0.25, 0.3) is 10.4 Å². The van der Waals surface area contributed by atoms with Crippen LogP contribution in [0.4, 0.5) is 5.69 Å². The molecule has 6 nitrogen and oxygen atoms in total. The summed E-state index contributed by atoms with van der Waals surface area (Å²) < 4.78 is 0. The van der Waals surface area contributed by atoms with Crippen LogP contribution in [-0.2, 0) is 13.0 Å². The van der Waals surface area contributed by atoms with Crippen molar-refractivity contribution in [2.75, 3.05) is 6.54 Å². The zero-order valence-electron chi connectivity index (χ0n) is 15.4. The van der Waals surface area contributed by atoms with Crippen molar-refractivity contribution in [2.24, 2.45) is 5.11 Å². The van der Waals surface area contributed by atoms with Gasteiger partial charge in [0.2, 0.25) is 0 Å². The highest BCUT2D eigenvalue weighted by molar-refractivity contribution is 5.86. The lowest BCUT2D eigenvalue weighted by Crippen LogP contribution is -2.83. The molecule has 0 aromatic heterocycles. The Morgan fingerprint density at radius 2 is 1.46 bits per heavy atom. The van der Waals surface area contributed by atoms with E-state index < -0.39 is 5.97 Å². The van der Waals surface area contributed by atoms with E-state index in [0.717, 1.165) is 19.5 Å². The number of carboxylic acids is 1. The molecule has 142 valence electrons. The molecule has 0 saturated heterocycles. The molecule has 3 aromatic rings. The van der Waals surface area contributed by atoms with Crippen LogP contribution < -0.4 is 10.4 Å². The SMILES string of the molecule is [N-]=[N+]=Nc1ccc(C(=O)[O-])cc1.c1ccc(CC[NH2+]Cc2ccccc2)cc1. The molecule has 0 radical (unpaired) electrons. The molecule has 0 atom stereocenters. The van der Waals surface area contributed by atoms with Gasteiger partial charge in [0.15, 0.2) is 0 Å². The molecule has 3 aromatic carbocycles. The van der Waals surface area contributed by atoms with E-state index in [0.29, 0.717) is 5.69 Å². The van der Waals surface area contributed by atoms with E-state index in [9.17, 15) is 9.90 Å². The van der Waals surface area contributed by atoms with Gasteiger partial charge in [0, 0.05) is 22.6 Å². The molecule has 0 amide bonds. The van der Waals surface area contributed by atoms with Gasteiger partial charge in [-0.3, -0.25) is 0 Å². The summed E-state index contributed by atoms with van der Waals surface area (Å²) in [5.41, 5.74) is 11.3. The van der Waals surface area contributed by atoms with Crippen LogP contribution in [-0.4, -0.2) is 12.5 Å². The summed E-state index contributed by atoms with van der Waals surface area (Å²) in [5.74, 6) is -1.25. The summed E-state index contributed by atoms with van der Waals surface area (Å²) in [6.07, 6.45) is 1.15. The number of aromatic carboxylic acids is 1. The minimum Gasteiger partial charge on any atom is -0.545 e. The summed E-state index contributed by atoms with van der Waals surface area (Å²) >= 11 is 0. The van der Waals surface area contributed by atoms with E-state index in [-0.39, 0.29) is 5.56 Å². The van der Waals surface area contributed by atoms with Gasteiger partial charge in [-0.15, -0.1) is 0 Å². The molecule has 0 saturated carbocycles. The van der Waals surface area contributed by atoms with Gasteiger partial charge < -0.3 is 15.2 Å². The fourth-order valence-corrected chi connectivity index (χ4v) is 2.51. The monoisotopic (exact) mass is 374 g/mol. The lowest BCUT2D eigenvalue weighted by molar-refractivity contribution is -0.670. The van der Waals surface area contributed by atoms with Gasteiger partial charge >= 0.3 is 0 Å². The summed E-state index contributed by atoms with van der Waals surface area (Å²) in [6.45, 7) is 2.23. The van der Waals surface area contributed by atoms with Crippen LogP contribution in [0.2, 0.25) is 0 Å². The van der Waals surface area contributed by atoms with Gasteiger partial charge in [-0.2, -0.15) is 0 Å². The average Bonchev–Trinajstić information content (AvgIpc) is 2.74. The highest BCUT2D eigenvalue weighted by atomic mass is 16.4. The summed E-state index contributed by atoms with van der Waals surface area (Å²) in [5, 5.41) is 15.9. The van der Waals surface area contributed by atoms with E-state index in [1.165, 1.54) is 35.4 Å². The Hall–Kier alpha value is -3.60. The third-order valence-electron chi connectivity index (χ3n) is 3.97. The van der Waals surface area contributed by atoms with Crippen LogP contribution in [0.1, 0.15) is 21.5 Å². The van der Waals surface area contributed by atoms with Gasteiger partial charge in [-0.1, -0.05) is 90.0 Å². The number of quaternary nitrogens is 1. The number of rotatable bonds is 7. The number of carbonyl (C=O) groups is 1. The van der Waals surface area contributed by atoms with Gasteiger partial charge in [0.1, 0.15) is 6.54 Å². The Morgan fingerprint density at radius 3 is 2.00 bits per heavy atom. The van der Waals surface area contributed by atoms with E-state index in [1.807, 2.05) is 0 Å². The maximum Gasteiger partial charge on any atom is 0.101 e. The van der Waals surface area contributed by atoms with Gasteiger partial charge in [0.25, 0.3) is 0 Å². The fourth-order valence-electron chi connectivity index (χ4n) is 2.51. The van der Waals surface area contributed by atoms with Crippen molar-refractivity contribution in [2.45, 2.75) is 13.0 Å². The Bertz CT molecular complexity index is 828. The Kier molecular flexibility index (Phi) is 8.81. The predicted octanol–water partition coefficient (Wildman–Crippen LogP) is 2.98. The number of nitrogens with two attached hydrogens (primary N) is 1. The number of azide groups is 1. The number of hydrogen-bond donors (Lipinski definition) is 1. The predicted molar refractivity (Wildman–Crippen MR) is 107 cm³/mol. The lowest BCUT2D eigenvalue weighted by atomic mass is 10.1. The number of carbonyl (C=O) groups excluding carboxylic acids is 1. The molecule has 0 unspecified atom stereocenters. The molecule has 0 bridgehead atoms. The van der Waals surface area contributed by atoms with Crippen molar-refractivity contribution < 1.29 is 15.2 Å². The van der Waals surface area contributed by atoms with Crippen molar-refractivity contribution in [3.63, 3.8) is 0 Å².